The molecule has 1 aliphatic heterocycles. The molecule has 4 rings (SSSR count). The van der Waals surface area contributed by atoms with E-state index < -0.39 is 0 Å². The molecule has 0 saturated carbocycles. The van der Waals surface area contributed by atoms with E-state index >= 15 is 0 Å². The van der Waals surface area contributed by atoms with Crippen molar-refractivity contribution < 1.29 is 18.4 Å². The lowest BCUT2D eigenvalue weighted by molar-refractivity contribution is 0.0680. The van der Waals surface area contributed by atoms with Crippen LogP contribution in [0.4, 0.5) is 5.69 Å². The molecule has 2 aromatic heterocycles. The topological polar surface area (TPSA) is 82.6 Å². The molecule has 1 aromatic carbocycles. The Morgan fingerprint density at radius 3 is 3.08 bits per heavy atom. The van der Waals surface area contributed by atoms with E-state index in [1.807, 2.05) is 24.3 Å². The number of benzene rings is 1. The zero-order valence-electron chi connectivity index (χ0n) is 13.7. The van der Waals surface area contributed by atoms with Gasteiger partial charge in [0.1, 0.15) is 12.4 Å². The Bertz CT molecular complexity index is 794. The standard InChI is InChI=1S/C18H19N3O4/c1-4-13(10-14(5-1)24-12-15-6-2-8-22-15)19-11-17-20-18(21-25-17)16-7-3-9-23-16/h1,3-5,7,9-10,15,19H,2,6,8,11-12H2. The van der Waals surface area contributed by atoms with E-state index in [1.165, 1.54) is 0 Å². The third-order valence-electron chi connectivity index (χ3n) is 3.95. The summed E-state index contributed by atoms with van der Waals surface area (Å²) in [4.78, 5) is 4.30. The van der Waals surface area contributed by atoms with Crippen LogP contribution in [0.2, 0.25) is 0 Å². The van der Waals surface area contributed by atoms with Crippen molar-refractivity contribution in [1.29, 1.82) is 0 Å². The minimum absolute atomic E-state index is 0.204. The number of ether oxygens (including phenoxy) is 2. The van der Waals surface area contributed by atoms with Gasteiger partial charge in [-0.05, 0) is 37.1 Å². The molecule has 7 heteroatoms. The van der Waals surface area contributed by atoms with Crippen molar-refractivity contribution in [3.05, 3.63) is 48.6 Å². The second-order valence-corrected chi connectivity index (χ2v) is 5.82. The average Bonchev–Trinajstić information content (AvgIpc) is 3.41. The van der Waals surface area contributed by atoms with Gasteiger partial charge in [-0.25, -0.2) is 0 Å². The Morgan fingerprint density at radius 1 is 1.24 bits per heavy atom. The van der Waals surface area contributed by atoms with Crippen LogP contribution < -0.4 is 10.1 Å². The number of anilines is 1. The first-order chi connectivity index (χ1) is 12.4. The molecule has 25 heavy (non-hydrogen) atoms. The van der Waals surface area contributed by atoms with Gasteiger partial charge in [-0.1, -0.05) is 11.2 Å². The molecular weight excluding hydrogens is 322 g/mol. The zero-order chi connectivity index (χ0) is 16.9. The van der Waals surface area contributed by atoms with Crippen LogP contribution in [0.5, 0.6) is 5.75 Å². The van der Waals surface area contributed by atoms with Gasteiger partial charge >= 0.3 is 0 Å². The maximum atomic E-state index is 5.81. The highest BCUT2D eigenvalue weighted by Gasteiger charge is 2.16. The summed E-state index contributed by atoms with van der Waals surface area (Å²) < 4.78 is 21.8. The van der Waals surface area contributed by atoms with Crippen LogP contribution in [0.3, 0.4) is 0 Å². The van der Waals surface area contributed by atoms with Crippen molar-refractivity contribution in [1.82, 2.24) is 10.1 Å². The van der Waals surface area contributed by atoms with Crippen molar-refractivity contribution in [2.45, 2.75) is 25.5 Å². The molecule has 0 radical (unpaired) electrons. The summed E-state index contributed by atoms with van der Waals surface area (Å²) in [5, 5.41) is 7.15. The molecule has 130 valence electrons. The molecule has 0 spiro atoms. The van der Waals surface area contributed by atoms with Crippen molar-refractivity contribution in [3.63, 3.8) is 0 Å². The van der Waals surface area contributed by atoms with Crippen LogP contribution >= 0.6 is 0 Å². The first-order valence-electron chi connectivity index (χ1n) is 8.31. The second-order valence-electron chi connectivity index (χ2n) is 5.82. The van der Waals surface area contributed by atoms with Gasteiger partial charge in [0.15, 0.2) is 5.76 Å². The van der Waals surface area contributed by atoms with E-state index in [-0.39, 0.29) is 6.10 Å². The number of aromatic nitrogens is 2. The molecule has 1 fully saturated rings. The SMILES string of the molecule is c1cc(NCc2nc(-c3ccco3)no2)cc(OCC2CCCO2)c1. The highest BCUT2D eigenvalue weighted by atomic mass is 16.5. The van der Waals surface area contributed by atoms with Crippen LogP contribution in [0.1, 0.15) is 18.7 Å². The van der Waals surface area contributed by atoms with Gasteiger partial charge in [0.25, 0.3) is 0 Å². The van der Waals surface area contributed by atoms with Crippen LogP contribution in [0.15, 0.2) is 51.6 Å². The lowest BCUT2D eigenvalue weighted by atomic mass is 10.2. The molecule has 0 bridgehead atoms. The Labute approximate surface area is 144 Å². The summed E-state index contributed by atoms with van der Waals surface area (Å²) in [6, 6.07) is 11.3. The van der Waals surface area contributed by atoms with Crippen molar-refractivity contribution >= 4 is 5.69 Å². The summed E-state index contributed by atoms with van der Waals surface area (Å²) in [7, 11) is 0. The summed E-state index contributed by atoms with van der Waals surface area (Å²) in [6.45, 7) is 1.84. The predicted octanol–water partition coefficient (Wildman–Crippen LogP) is 3.50. The van der Waals surface area contributed by atoms with E-state index in [0.717, 1.165) is 30.9 Å². The second kappa shape index (κ2) is 7.40. The van der Waals surface area contributed by atoms with Crippen molar-refractivity contribution in [3.8, 4) is 17.3 Å². The number of nitrogens with zero attached hydrogens (tertiary/aromatic N) is 2. The van der Waals surface area contributed by atoms with Crippen molar-refractivity contribution in [2.24, 2.45) is 0 Å². The van der Waals surface area contributed by atoms with Crippen molar-refractivity contribution in [2.75, 3.05) is 18.5 Å². The molecular formula is C18H19N3O4. The van der Waals surface area contributed by atoms with Gasteiger partial charge in [0, 0.05) is 18.4 Å². The summed E-state index contributed by atoms with van der Waals surface area (Å²) in [6.07, 6.45) is 3.95. The van der Waals surface area contributed by atoms with E-state index in [0.29, 0.717) is 30.6 Å². The predicted molar refractivity (Wildman–Crippen MR) is 90.2 cm³/mol. The van der Waals surface area contributed by atoms with Gasteiger partial charge in [-0.15, -0.1) is 0 Å². The summed E-state index contributed by atoms with van der Waals surface area (Å²) in [5.41, 5.74) is 0.919. The first-order valence-corrected chi connectivity index (χ1v) is 8.31. The smallest absolute Gasteiger partial charge is 0.246 e. The van der Waals surface area contributed by atoms with E-state index in [2.05, 4.69) is 15.5 Å². The van der Waals surface area contributed by atoms with Crippen LogP contribution in [0, 0.1) is 0 Å². The molecule has 1 atom stereocenters. The largest absolute Gasteiger partial charge is 0.491 e. The monoisotopic (exact) mass is 341 g/mol. The molecule has 3 aromatic rings. The van der Waals surface area contributed by atoms with Gasteiger partial charge < -0.3 is 23.7 Å². The normalized spacial score (nSPS) is 16.9. The Hall–Kier alpha value is -2.80. The van der Waals surface area contributed by atoms with Crippen LogP contribution in [-0.4, -0.2) is 29.5 Å². The maximum absolute atomic E-state index is 5.81. The quantitative estimate of drug-likeness (QED) is 0.704. The lowest BCUT2D eigenvalue weighted by Gasteiger charge is -2.12. The minimum Gasteiger partial charge on any atom is -0.491 e. The van der Waals surface area contributed by atoms with Gasteiger partial charge in [-0.2, -0.15) is 4.98 Å². The van der Waals surface area contributed by atoms with E-state index in [1.54, 1.807) is 18.4 Å². The molecule has 1 N–H and O–H groups in total. The third-order valence-corrected chi connectivity index (χ3v) is 3.95. The van der Waals surface area contributed by atoms with Gasteiger partial charge in [0.2, 0.25) is 11.7 Å². The van der Waals surface area contributed by atoms with E-state index in [4.69, 9.17) is 18.4 Å². The first kappa shape index (κ1) is 15.7. The summed E-state index contributed by atoms with van der Waals surface area (Å²) >= 11 is 0. The summed E-state index contributed by atoms with van der Waals surface area (Å²) in [5.74, 6) is 2.31. The zero-order valence-corrected chi connectivity index (χ0v) is 13.7. The Morgan fingerprint density at radius 2 is 2.24 bits per heavy atom. The molecule has 0 aliphatic carbocycles. The number of nitrogens with one attached hydrogen (secondary N) is 1. The fourth-order valence-corrected chi connectivity index (χ4v) is 2.67. The molecule has 1 aliphatic rings. The fraction of sp³-hybridized carbons (Fsp3) is 0.333. The number of rotatable bonds is 7. The van der Waals surface area contributed by atoms with Crippen LogP contribution in [-0.2, 0) is 11.3 Å². The lowest BCUT2D eigenvalue weighted by Crippen LogP contribution is -2.16. The Kier molecular flexibility index (Phi) is 4.65. The van der Waals surface area contributed by atoms with Gasteiger partial charge in [-0.3, -0.25) is 0 Å². The average molecular weight is 341 g/mol. The number of hydrogen-bond acceptors (Lipinski definition) is 7. The molecule has 7 nitrogen and oxygen atoms in total. The minimum atomic E-state index is 0.204. The number of hydrogen-bond donors (Lipinski definition) is 1. The third kappa shape index (κ3) is 4.00. The number of furan rings is 1. The maximum Gasteiger partial charge on any atom is 0.246 e. The molecule has 3 heterocycles. The molecule has 1 saturated heterocycles. The highest BCUT2D eigenvalue weighted by Crippen LogP contribution is 2.21. The Balaban J connectivity index is 1.32. The molecule has 1 unspecified atom stereocenters. The van der Waals surface area contributed by atoms with Gasteiger partial charge in [0.05, 0.1) is 18.9 Å². The highest BCUT2D eigenvalue weighted by molar-refractivity contribution is 5.48. The fourth-order valence-electron chi connectivity index (χ4n) is 2.67. The molecule has 0 amide bonds. The van der Waals surface area contributed by atoms with Crippen LogP contribution in [0.25, 0.3) is 11.6 Å². The van der Waals surface area contributed by atoms with E-state index in [9.17, 15) is 0 Å².